The van der Waals surface area contributed by atoms with Crippen molar-refractivity contribution in [1.82, 2.24) is 0 Å². The van der Waals surface area contributed by atoms with Crippen molar-refractivity contribution in [2.24, 2.45) is 0 Å². The number of halogens is 2. The minimum Gasteiger partial charge on any atom is -0.326 e. The van der Waals surface area contributed by atoms with Gasteiger partial charge in [-0.1, -0.05) is 29.3 Å². The number of amides is 2. The molecule has 0 saturated heterocycles. The van der Waals surface area contributed by atoms with Gasteiger partial charge in [-0.2, -0.15) is 0 Å². The van der Waals surface area contributed by atoms with Gasteiger partial charge in [-0.25, -0.2) is 0 Å². The number of benzene rings is 2. The van der Waals surface area contributed by atoms with Gasteiger partial charge in [0.15, 0.2) is 0 Å². The molecule has 2 N–H and O–H groups in total. The summed E-state index contributed by atoms with van der Waals surface area (Å²) in [5.74, 6) is 0.597. The van der Waals surface area contributed by atoms with Crippen molar-refractivity contribution in [1.29, 1.82) is 0 Å². The first-order valence-electron chi connectivity index (χ1n) is 7.14. The Morgan fingerprint density at radius 2 is 1.50 bits per heavy atom. The minimum absolute atomic E-state index is 0.115. The van der Waals surface area contributed by atoms with Crippen molar-refractivity contribution in [2.45, 2.75) is 12.7 Å². The fourth-order valence-electron chi connectivity index (χ4n) is 1.95. The largest absolute Gasteiger partial charge is 0.326 e. The molecule has 0 atom stereocenters. The van der Waals surface area contributed by atoms with Crippen LogP contribution in [0.3, 0.4) is 0 Å². The molecule has 2 aromatic rings. The molecule has 2 rings (SSSR count). The minimum atomic E-state index is -0.138. The molecule has 0 bridgehead atoms. The lowest BCUT2D eigenvalue weighted by Gasteiger charge is -2.08. The van der Waals surface area contributed by atoms with Gasteiger partial charge in [0.1, 0.15) is 0 Å². The van der Waals surface area contributed by atoms with Crippen LogP contribution in [0.1, 0.15) is 12.5 Å². The van der Waals surface area contributed by atoms with Gasteiger partial charge in [-0.05, 0) is 42.0 Å². The van der Waals surface area contributed by atoms with Crippen molar-refractivity contribution in [3.8, 4) is 0 Å². The van der Waals surface area contributed by atoms with Gasteiger partial charge >= 0.3 is 0 Å². The Balaban J connectivity index is 1.82. The van der Waals surface area contributed by atoms with E-state index in [0.717, 1.165) is 5.56 Å². The maximum atomic E-state index is 12.0. The van der Waals surface area contributed by atoms with E-state index in [1.54, 1.807) is 42.5 Å². The van der Waals surface area contributed by atoms with Gasteiger partial charge < -0.3 is 10.6 Å². The highest BCUT2D eigenvalue weighted by molar-refractivity contribution is 7.99. The smallest absolute Gasteiger partial charge is 0.234 e. The molecule has 0 aromatic heterocycles. The van der Waals surface area contributed by atoms with Crippen LogP contribution < -0.4 is 10.6 Å². The molecular formula is C17H16Cl2N2O2S. The summed E-state index contributed by atoms with van der Waals surface area (Å²) in [5, 5.41) is 6.67. The number of carbonyl (C=O) groups excluding carboxylic acids is 2. The van der Waals surface area contributed by atoms with E-state index in [4.69, 9.17) is 23.2 Å². The first kappa shape index (κ1) is 18.6. The third kappa shape index (κ3) is 5.74. The van der Waals surface area contributed by atoms with Crippen molar-refractivity contribution >= 4 is 58.2 Å². The van der Waals surface area contributed by atoms with E-state index >= 15 is 0 Å². The maximum absolute atomic E-state index is 12.0. The Morgan fingerprint density at radius 3 is 2.04 bits per heavy atom. The highest BCUT2D eigenvalue weighted by Gasteiger charge is 2.08. The molecule has 24 heavy (non-hydrogen) atoms. The summed E-state index contributed by atoms with van der Waals surface area (Å²) in [5.41, 5.74) is 2.19. The van der Waals surface area contributed by atoms with Crippen molar-refractivity contribution in [3.05, 3.63) is 58.1 Å². The number of hydrogen-bond donors (Lipinski definition) is 2. The predicted molar refractivity (Wildman–Crippen MR) is 102 cm³/mol. The van der Waals surface area contributed by atoms with E-state index in [0.29, 0.717) is 27.2 Å². The average molecular weight is 383 g/mol. The van der Waals surface area contributed by atoms with E-state index in [9.17, 15) is 9.59 Å². The second kappa shape index (κ2) is 8.97. The Bertz CT molecular complexity index is 716. The molecule has 0 fully saturated rings. The monoisotopic (exact) mass is 382 g/mol. The summed E-state index contributed by atoms with van der Waals surface area (Å²) < 4.78 is 0. The number of anilines is 2. The zero-order chi connectivity index (χ0) is 17.5. The molecule has 2 aromatic carbocycles. The van der Waals surface area contributed by atoms with Crippen LogP contribution in [0.5, 0.6) is 0 Å². The van der Waals surface area contributed by atoms with Crippen molar-refractivity contribution < 1.29 is 9.59 Å². The maximum Gasteiger partial charge on any atom is 0.234 e. The normalized spacial score (nSPS) is 10.3. The first-order valence-corrected chi connectivity index (χ1v) is 9.05. The third-order valence-electron chi connectivity index (χ3n) is 3.03. The zero-order valence-electron chi connectivity index (χ0n) is 12.9. The number of carbonyl (C=O) groups is 2. The molecule has 0 aliphatic rings. The van der Waals surface area contributed by atoms with Crippen LogP contribution in [-0.4, -0.2) is 17.6 Å². The Hall–Kier alpha value is -1.69. The summed E-state index contributed by atoms with van der Waals surface area (Å²) in [6.45, 7) is 1.44. The molecule has 0 radical (unpaired) electrons. The topological polar surface area (TPSA) is 58.2 Å². The Morgan fingerprint density at radius 1 is 0.958 bits per heavy atom. The highest BCUT2D eigenvalue weighted by atomic mass is 35.5. The summed E-state index contributed by atoms with van der Waals surface area (Å²) in [4.78, 5) is 22.9. The highest BCUT2D eigenvalue weighted by Crippen LogP contribution is 2.28. The molecule has 126 valence electrons. The molecule has 0 aliphatic carbocycles. The van der Waals surface area contributed by atoms with Crippen LogP contribution in [0.15, 0.2) is 42.5 Å². The van der Waals surface area contributed by atoms with Crippen LogP contribution in [0.4, 0.5) is 11.4 Å². The molecule has 7 heteroatoms. The quantitative estimate of drug-likeness (QED) is 0.752. The van der Waals surface area contributed by atoms with E-state index in [1.165, 1.54) is 18.7 Å². The zero-order valence-corrected chi connectivity index (χ0v) is 15.3. The van der Waals surface area contributed by atoms with E-state index < -0.39 is 0 Å². The number of thioether (sulfide) groups is 1. The molecule has 2 amide bonds. The molecular weight excluding hydrogens is 367 g/mol. The predicted octanol–water partition coefficient (Wildman–Crippen LogP) is 4.82. The molecule has 0 saturated carbocycles. The van der Waals surface area contributed by atoms with E-state index in [1.807, 2.05) is 0 Å². The summed E-state index contributed by atoms with van der Waals surface area (Å²) in [6, 6.07) is 12.3. The number of rotatable bonds is 6. The number of hydrogen-bond acceptors (Lipinski definition) is 3. The van der Waals surface area contributed by atoms with Crippen molar-refractivity contribution in [3.63, 3.8) is 0 Å². The van der Waals surface area contributed by atoms with Gasteiger partial charge in [0.25, 0.3) is 0 Å². The van der Waals surface area contributed by atoms with Gasteiger partial charge in [-0.15, -0.1) is 11.8 Å². The molecule has 0 spiro atoms. The van der Waals surface area contributed by atoms with Gasteiger partial charge in [0.05, 0.1) is 5.75 Å². The SMILES string of the molecule is CC(=O)Nc1ccc(NC(=O)CSCc2c(Cl)cccc2Cl)cc1. The van der Waals surface area contributed by atoms with E-state index in [-0.39, 0.29) is 17.6 Å². The average Bonchev–Trinajstić information content (AvgIpc) is 2.52. The van der Waals surface area contributed by atoms with Crippen LogP contribution in [0.25, 0.3) is 0 Å². The van der Waals surface area contributed by atoms with E-state index in [2.05, 4.69) is 10.6 Å². The van der Waals surface area contributed by atoms with Gasteiger partial charge in [0, 0.05) is 34.1 Å². The fraction of sp³-hybridized carbons (Fsp3) is 0.176. The van der Waals surface area contributed by atoms with Crippen LogP contribution in [-0.2, 0) is 15.3 Å². The summed E-state index contributed by atoms with van der Waals surface area (Å²) in [7, 11) is 0. The molecule has 4 nitrogen and oxygen atoms in total. The molecule has 0 unspecified atom stereocenters. The van der Waals surface area contributed by atoms with Crippen LogP contribution in [0.2, 0.25) is 10.0 Å². The second-order valence-electron chi connectivity index (χ2n) is 5.00. The summed E-state index contributed by atoms with van der Waals surface area (Å²) in [6.07, 6.45) is 0. The van der Waals surface area contributed by atoms with Gasteiger partial charge in [0.2, 0.25) is 11.8 Å². The fourth-order valence-corrected chi connectivity index (χ4v) is 3.52. The lowest BCUT2D eigenvalue weighted by atomic mass is 10.2. The summed E-state index contributed by atoms with van der Waals surface area (Å²) >= 11 is 13.6. The lowest BCUT2D eigenvalue weighted by Crippen LogP contribution is -2.14. The lowest BCUT2D eigenvalue weighted by molar-refractivity contribution is -0.114. The standard InChI is InChI=1S/C17H16Cl2N2O2S/c1-11(22)20-12-5-7-13(8-6-12)21-17(23)10-24-9-14-15(18)3-2-4-16(14)19/h2-8H,9-10H2,1H3,(H,20,22)(H,21,23). The van der Waals surface area contributed by atoms with Crippen molar-refractivity contribution in [2.75, 3.05) is 16.4 Å². The molecule has 0 aliphatic heterocycles. The van der Waals surface area contributed by atoms with Crippen LogP contribution >= 0.6 is 35.0 Å². The third-order valence-corrected chi connectivity index (χ3v) is 4.70. The first-order chi connectivity index (χ1) is 11.5. The Labute approximate surface area is 154 Å². The van der Waals surface area contributed by atoms with Gasteiger partial charge in [-0.3, -0.25) is 9.59 Å². The Kier molecular flexibility index (Phi) is 6.97. The second-order valence-corrected chi connectivity index (χ2v) is 6.80. The number of nitrogens with one attached hydrogen (secondary N) is 2. The molecule has 0 heterocycles. The van der Waals surface area contributed by atoms with Crippen LogP contribution in [0, 0.1) is 0 Å².